The molecular weight excluding hydrogens is 526 g/mol. The number of carboxylic acids is 1. The lowest BCUT2D eigenvalue weighted by Crippen LogP contribution is -2.27. The summed E-state index contributed by atoms with van der Waals surface area (Å²) in [6, 6.07) is 12.8. The van der Waals surface area contributed by atoms with Crippen molar-refractivity contribution in [3.05, 3.63) is 70.6 Å². The monoisotopic (exact) mass is 563 g/mol. The van der Waals surface area contributed by atoms with E-state index in [0.717, 1.165) is 48.3 Å². The minimum absolute atomic E-state index is 0.0190. The molecule has 0 bridgehead atoms. The van der Waals surface area contributed by atoms with Crippen LogP contribution in [-0.2, 0) is 28.9 Å². The number of hydrogen-bond donors (Lipinski definition) is 2. The largest absolute Gasteiger partial charge is 0.493 e. The first-order valence-electron chi connectivity index (χ1n) is 14.0. The van der Waals surface area contributed by atoms with Gasteiger partial charge in [0, 0.05) is 43.6 Å². The average molecular weight is 564 g/mol. The van der Waals surface area contributed by atoms with E-state index in [1.165, 1.54) is 0 Å². The maximum absolute atomic E-state index is 12.6. The van der Waals surface area contributed by atoms with Gasteiger partial charge in [0.2, 0.25) is 5.89 Å². The van der Waals surface area contributed by atoms with Gasteiger partial charge >= 0.3 is 12.1 Å². The van der Waals surface area contributed by atoms with Crippen molar-refractivity contribution in [2.45, 2.75) is 65.5 Å². The molecular formula is C31H37N3O7. The van der Waals surface area contributed by atoms with Crippen molar-refractivity contribution in [2.24, 2.45) is 0 Å². The van der Waals surface area contributed by atoms with Crippen LogP contribution in [0.3, 0.4) is 0 Å². The molecule has 0 radical (unpaired) electrons. The molecule has 10 nitrogen and oxygen atoms in total. The quantitative estimate of drug-likeness (QED) is 0.309. The molecule has 218 valence electrons. The zero-order chi connectivity index (χ0) is 29.4. The number of carbonyl (C=O) groups excluding carboxylic acids is 2. The van der Waals surface area contributed by atoms with Gasteiger partial charge in [-0.1, -0.05) is 6.07 Å². The Labute approximate surface area is 239 Å². The number of alkyl carbamates (subject to hydrolysis) is 1. The van der Waals surface area contributed by atoms with E-state index in [1.807, 2.05) is 42.2 Å². The number of nitrogens with one attached hydrogen (secondary N) is 1. The number of oxazole rings is 1. The predicted octanol–water partition coefficient (Wildman–Crippen LogP) is 5.16. The first-order chi connectivity index (χ1) is 19.7. The molecule has 1 saturated heterocycles. The molecule has 0 aliphatic carbocycles. The minimum atomic E-state index is -0.891. The Morgan fingerprint density at radius 3 is 2.46 bits per heavy atom. The van der Waals surface area contributed by atoms with Gasteiger partial charge in [0.25, 0.3) is 5.91 Å². The van der Waals surface area contributed by atoms with E-state index in [2.05, 4.69) is 10.3 Å². The van der Waals surface area contributed by atoms with Crippen molar-refractivity contribution >= 4 is 18.0 Å². The van der Waals surface area contributed by atoms with Crippen LogP contribution in [0.25, 0.3) is 11.5 Å². The lowest BCUT2D eigenvalue weighted by molar-refractivity contribution is -0.136. The Morgan fingerprint density at radius 2 is 1.78 bits per heavy atom. The van der Waals surface area contributed by atoms with E-state index in [4.69, 9.17) is 19.0 Å². The number of likely N-dealkylation sites (tertiary alicyclic amines) is 1. The lowest BCUT2D eigenvalue weighted by atomic mass is 10.0. The van der Waals surface area contributed by atoms with Crippen LogP contribution in [0.4, 0.5) is 4.79 Å². The number of rotatable bonds is 12. The number of benzene rings is 2. The third kappa shape index (κ3) is 8.33. The summed E-state index contributed by atoms with van der Waals surface area (Å²) in [5.74, 6) is 0.940. The van der Waals surface area contributed by atoms with E-state index in [1.54, 1.807) is 26.0 Å². The second-order valence-electron chi connectivity index (χ2n) is 10.3. The van der Waals surface area contributed by atoms with Gasteiger partial charge in [-0.15, -0.1) is 0 Å². The van der Waals surface area contributed by atoms with Crippen LogP contribution in [0.1, 0.15) is 66.0 Å². The standard InChI is InChI=1S/C31H37N3O7/c1-20(2)40-31(38)32-19-25-18-26(12-10-22(25)11-13-28(35)36)39-17-14-27-21(3)41-29(33-27)23-6-8-24(9-7-23)30(37)34-15-4-5-16-34/h6-10,12,18,20H,4-5,11,13-17,19H2,1-3H3,(H,32,38)(H,35,36). The molecule has 2 N–H and O–H groups in total. The molecule has 0 atom stereocenters. The summed E-state index contributed by atoms with van der Waals surface area (Å²) in [5.41, 5.74) is 3.80. The van der Waals surface area contributed by atoms with Crippen molar-refractivity contribution in [2.75, 3.05) is 19.7 Å². The normalized spacial score (nSPS) is 12.9. The zero-order valence-corrected chi connectivity index (χ0v) is 23.8. The highest BCUT2D eigenvalue weighted by atomic mass is 16.6. The molecule has 0 spiro atoms. The average Bonchev–Trinajstić information content (AvgIpc) is 3.61. The number of aromatic nitrogens is 1. The smallest absolute Gasteiger partial charge is 0.407 e. The summed E-state index contributed by atoms with van der Waals surface area (Å²) in [5, 5.41) is 11.8. The molecule has 3 aromatic rings. The number of ether oxygens (including phenoxy) is 2. The number of aliphatic carboxylic acids is 1. The number of carboxylic acid groups (broad SMARTS) is 1. The molecule has 41 heavy (non-hydrogen) atoms. The summed E-state index contributed by atoms with van der Waals surface area (Å²) in [6.45, 7) is 7.53. The molecule has 1 fully saturated rings. The molecule has 0 saturated carbocycles. The van der Waals surface area contributed by atoms with E-state index < -0.39 is 12.1 Å². The van der Waals surface area contributed by atoms with E-state index in [9.17, 15) is 14.4 Å². The van der Waals surface area contributed by atoms with Gasteiger partial charge in [-0.3, -0.25) is 9.59 Å². The Morgan fingerprint density at radius 1 is 1.05 bits per heavy atom. The Bertz CT molecular complexity index is 1360. The second kappa shape index (κ2) is 13.8. The summed E-state index contributed by atoms with van der Waals surface area (Å²) in [7, 11) is 0. The van der Waals surface area contributed by atoms with Crippen LogP contribution in [0.5, 0.6) is 5.75 Å². The van der Waals surface area contributed by atoms with E-state index >= 15 is 0 Å². The lowest BCUT2D eigenvalue weighted by Gasteiger charge is -2.15. The SMILES string of the molecule is Cc1oc(-c2ccc(C(=O)N3CCCC3)cc2)nc1CCOc1ccc(CCC(=O)O)c(CNC(=O)OC(C)C)c1. The summed E-state index contributed by atoms with van der Waals surface area (Å²) < 4.78 is 17.0. The van der Waals surface area contributed by atoms with Crippen LogP contribution < -0.4 is 10.1 Å². The maximum Gasteiger partial charge on any atom is 0.407 e. The van der Waals surface area contributed by atoms with E-state index in [-0.39, 0.29) is 25.0 Å². The molecule has 0 unspecified atom stereocenters. The highest BCUT2D eigenvalue weighted by Gasteiger charge is 2.20. The van der Waals surface area contributed by atoms with Crippen LogP contribution in [0, 0.1) is 6.92 Å². The number of aryl methyl sites for hydroxylation is 2. The Kier molecular flexibility index (Phi) is 10.00. The first kappa shape index (κ1) is 29.6. The minimum Gasteiger partial charge on any atom is -0.493 e. The summed E-state index contributed by atoms with van der Waals surface area (Å²) >= 11 is 0. The van der Waals surface area contributed by atoms with Gasteiger partial charge in [0.05, 0.1) is 18.4 Å². The fraction of sp³-hybridized carbons (Fsp3) is 0.419. The molecule has 2 amide bonds. The highest BCUT2D eigenvalue weighted by molar-refractivity contribution is 5.94. The van der Waals surface area contributed by atoms with Crippen molar-refractivity contribution in [3.8, 4) is 17.2 Å². The van der Waals surface area contributed by atoms with Crippen LogP contribution in [0.15, 0.2) is 46.9 Å². The molecule has 4 rings (SSSR count). The van der Waals surface area contributed by atoms with Gasteiger partial charge in [-0.2, -0.15) is 0 Å². The molecule has 1 aliphatic rings. The number of nitrogens with zero attached hydrogens (tertiary/aromatic N) is 2. The third-order valence-corrected chi connectivity index (χ3v) is 6.82. The molecule has 1 aromatic heterocycles. The molecule has 1 aliphatic heterocycles. The summed E-state index contributed by atoms with van der Waals surface area (Å²) in [4.78, 5) is 42.2. The third-order valence-electron chi connectivity index (χ3n) is 6.82. The fourth-order valence-corrected chi connectivity index (χ4v) is 4.67. The first-order valence-corrected chi connectivity index (χ1v) is 14.0. The fourth-order valence-electron chi connectivity index (χ4n) is 4.67. The maximum atomic E-state index is 12.6. The number of hydrogen-bond acceptors (Lipinski definition) is 7. The van der Waals surface area contributed by atoms with Crippen molar-refractivity contribution in [3.63, 3.8) is 0 Å². The summed E-state index contributed by atoms with van der Waals surface area (Å²) in [6.07, 6.45) is 2.14. The van der Waals surface area contributed by atoms with Crippen molar-refractivity contribution < 1.29 is 33.4 Å². The van der Waals surface area contributed by atoms with Crippen LogP contribution in [-0.4, -0.2) is 58.8 Å². The van der Waals surface area contributed by atoms with Crippen molar-refractivity contribution in [1.29, 1.82) is 0 Å². The molecule has 10 heteroatoms. The van der Waals surface area contributed by atoms with Crippen LogP contribution in [0.2, 0.25) is 0 Å². The topological polar surface area (TPSA) is 131 Å². The van der Waals surface area contributed by atoms with Gasteiger partial charge in [-0.25, -0.2) is 9.78 Å². The molecule has 2 aromatic carbocycles. The highest BCUT2D eigenvalue weighted by Crippen LogP contribution is 2.24. The Hall–Kier alpha value is -4.34. The van der Waals surface area contributed by atoms with Crippen LogP contribution >= 0.6 is 0 Å². The van der Waals surface area contributed by atoms with Gasteiger partial charge < -0.3 is 29.2 Å². The van der Waals surface area contributed by atoms with Gasteiger partial charge in [0.15, 0.2) is 0 Å². The number of carbonyl (C=O) groups is 3. The number of amides is 2. The van der Waals surface area contributed by atoms with Crippen molar-refractivity contribution in [1.82, 2.24) is 15.2 Å². The van der Waals surface area contributed by atoms with Gasteiger partial charge in [0.1, 0.15) is 11.5 Å². The molecule has 2 heterocycles. The zero-order valence-electron chi connectivity index (χ0n) is 23.8. The second-order valence-corrected chi connectivity index (χ2v) is 10.3. The Balaban J connectivity index is 1.36. The predicted molar refractivity (Wildman–Crippen MR) is 152 cm³/mol. The van der Waals surface area contributed by atoms with E-state index in [0.29, 0.717) is 42.4 Å². The van der Waals surface area contributed by atoms with Gasteiger partial charge in [-0.05, 0) is 87.6 Å².